The number of hydrogen-bond donors (Lipinski definition) is 3. The molecule has 141 heavy (non-hydrogen) atoms. The van der Waals surface area contributed by atoms with Crippen LogP contribution in [0.25, 0.3) is 83.9 Å². The molecular weight excluding hydrogens is 1990 g/mol. The summed E-state index contributed by atoms with van der Waals surface area (Å²) < 4.78 is 119. The summed E-state index contributed by atoms with van der Waals surface area (Å²) >= 11 is 45.0. The molecular formula is C99H87Cl7F8N18O9. The first-order chi connectivity index (χ1) is 66.4. The number of nitriles is 3. The third kappa shape index (κ3) is 18.5. The van der Waals surface area contributed by atoms with Crippen molar-refractivity contribution in [2.75, 3.05) is 73.6 Å². The van der Waals surface area contributed by atoms with Crippen LogP contribution in [-0.2, 0) is 20.6 Å². The highest BCUT2D eigenvalue weighted by atomic mass is 35.5. The summed E-state index contributed by atoms with van der Waals surface area (Å²) in [5, 5.41) is 62.1. The van der Waals surface area contributed by atoms with Gasteiger partial charge in [0.25, 0.3) is 16.7 Å². The number of alkyl halides is 3. The normalized spacial score (nSPS) is 15.1. The molecule has 3 atom stereocenters. The van der Waals surface area contributed by atoms with Crippen molar-refractivity contribution in [3.63, 3.8) is 0 Å². The molecule has 15 rings (SSSR count). The van der Waals surface area contributed by atoms with Crippen LogP contribution in [0.2, 0.25) is 35.2 Å². The molecule has 9 aromatic heterocycles. The zero-order chi connectivity index (χ0) is 104. The maximum atomic E-state index is 15.6. The molecule has 732 valence electrons. The molecule has 0 aliphatic carbocycles. The van der Waals surface area contributed by atoms with Crippen LogP contribution >= 0.6 is 81.2 Å². The molecule has 42 heteroatoms. The number of fused-ring (bicyclic) bond motifs is 3. The summed E-state index contributed by atoms with van der Waals surface area (Å²) in [4.78, 5) is 119. The maximum Gasteiger partial charge on any atom is 0.422 e. The van der Waals surface area contributed by atoms with Crippen molar-refractivity contribution in [3.8, 4) is 86.3 Å². The van der Waals surface area contributed by atoms with Crippen LogP contribution in [0.1, 0.15) is 147 Å². The molecule has 3 N–H and O–H groups in total. The molecule has 0 spiro atoms. The first-order valence-corrected chi connectivity index (χ1v) is 46.3. The van der Waals surface area contributed by atoms with Crippen molar-refractivity contribution in [1.29, 1.82) is 15.8 Å². The monoisotopic (exact) mass is 2070 g/mol. The highest BCUT2D eigenvalue weighted by Gasteiger charge is 2.45. The summed E-state index contributed by atoms with van der Waals surface area (Å²) in [6.45, 7) is 37.9. The van der Waals surface area contributed by atoms with Gasteiger partial charge in [-0.1, -0.05) is 142 Å². The number of aromatic hydroxyl groups is 3. The van der Waals surface area contributed by atoms with Crippen molar-refractivity contribution >= 4 is 149 Å². The van der Waals surface area contributed by atoms with Crippen molar-refractivity contribution in [2.45, 2.75) is 139 Å². The summed E-state index contributed by atoms with van der Waals surface area (Å²) in [5.41, 5.74) is -2.77. The number of anilines is 3. The Morgan fingerprint density at radius 3 is 0.950 bits per heavy atom. The second kappa shape index (κ2) is 41.0. The van der Waals surface area contributed by atoms with E-state index in [9.17, 15) is 90.6 Å². The Morgan fingerprint density at radius 1 is 0.426 bits per heavy atom. The molecule has 3 fully saturated rings. The fourth-order valence-corrected chi connectivity index (χ4v) is 19.7. The van der Waals surface area contributed by atoms with Crippen LogP contribution in [0.3, 0.4) is 0 Å². The Hall–Kier alpha value is -13.4. The van der Waals surface area contributed by atoms with Crippen LogP contribution in [0, 0.1) is 97.7 Å². The molecule has 0 radical (unpaired) electrons. The predicted octanol–water partition coefficient (Wildman–Crippen LogP) is 20.9. The van der Waals surface area contributed by atoms with Crippen LogP contribution in [-0.4, -0.2) is 168 Å². The minimum absolute atomic E-state index is 0.000758. The van der Waals surface area contributed by atoms with E-state index in [1.54, 1.807) is 85.1 Å². The average molecular weight is 2070 g/mol. The van der Waals surface area contributed by atoms with E-state index in [1.165, 1.54) is 46.2 Å². The maximum absolute atomic E-state index is 15.6. The van der Waals surface area contributed by atoms with E-state index in [2.05, 4.69) is 51.8 Å². The molecule has 0 bridgehead atoms. The number of rotatable bonds is 15. The number of benzene rings is 3. The van der Waals surface area contributed by atoms with Crippen LogP contribution in [0.4, 0.5) is 52.2 Å². The molecule has 0 saturated carbocycles. The number of carbonyl (C=O) groups excluding carboxylic acids is 3. The van der Waals surface area contributed by atoms with Crippen molar-refractivity contribution < 1.29 is 64.8 Å². The lowest BCUT2D eigenvalue weighted by atomic mass is 10.0. The van der Waals surface area contributed by atoms with Gasteiger partial charge in [0.15, 0.2) is 29.0 Å². The number of nitrogens with zero attached hydrogens (tertiary/aromatic N) is 18. The van der Waals surface area contributed by atoms with Crippen LogP contribution in [0.5, 0.6) is 17.2 Å². The van der Waals surface area contributed by atoms with Gasteiger partial charge in [-0.3, -0.25) is 57.4 Å². The fraction of sp³-hybridized carbons (Fsp3) is 0.303. The van der Waals surface area contributed by atoms with Gasteiger partial charge in [-0.15, -0.1) is 0 Å². The number of hydrogen-bond acceptors (Lipinski definition) is 21. The molecule has 3 aliphatic heterocycles. The van der Waals surface area contributed by atoms with Gasteiger partial charge in [0, 0.05) is 123 Å². The lowest BCUT2D eigenvalue weighted by molar-refractivity contribution is -0.142. The van der Waals surface area contributed by atoms with Gasteiger partial charge >= 0.3 is 6.18 Å². The number of phenolic OH excluding ortho intramolecular Hbond substituents is 3. The number of amides is 3. The summed E-state index contributed by atoms with van der Waals surface area (Å²) in [5.74, 6) is -13.9. The summed E-state index contributed by atoms with van der Waals surface area (Å²) in [6.07, 6.45) is 2.69. The van der Waals surface area contributed by atoms with E-state index in [0.717, 1.165) is 16.7 Å². The highest BCUT2D eigenvalue weighted by Crippen LogP contribution is 2.52. The number of pyridine rings is 9. The second-order valence-electron chi connectivity index (χ2n) is 34.8. The number of aryl methyl sites for hydroxylation is 3. The predicted molar refractivity (Wildman–Crippen MR) is 527 cm³/mol. The van der Waals surface area contributed by atoms with E-state index in [-0.39, 0.29) is 171 Å². The van der Waals surface area contributed by atoms with Gasteiger partial charge in [0.1, 0.15) is 78.9 Å². The van der Waals surface area contributed by atoms with Crippen LogP contribution in [0.15, 0.2) is 107 Å². The fourth-order valence-electron chi connectivity index (χ4n) is 18.1. The minimum Gasteiger partial charge on any atom is -0.506 e. The molecule has 12 aromatic rings. The molecule has 3 aliphatic rings. The second-order valence-corrected chi connectivity index (χ2v) is 37.5. The van der Waals surface area contributed by atoms with Gasteiger partial charge in [-0.2, -0.15) is 33.3 Å². The zero-order valence-corrected chi connectivity index (χ0v) is 83.2. The summed E-state index contributed by atoms with van der Waals surface area (Å²) in [6, 6.07) is 14.4. The van der Waals surface area contributed by atoms with Gasteiger partial charge in [0.05, 0.1) is 99.0 Å². The zero-order valence-electron chi connectivity index (χ0n) is 77.9. The molecule has 27 nitrogen and oxygen atoms in total. The third-order valence-corrected chi connectivity index (χ3v) is 27.4. The molecule has 12 heterocycles. The standard InChI is InChI=1S/2C33H30Cl3FN6O3.C33H27ClF6N6O3/c2*1-7-22(44)42-11-10-41(14-17(42)5)30-19-12-21(34)28(23-18(6)24(35)26(37)25(36)31(23)45)40-32(19)43(33(46)20(30)13-38)29-16(4)8-9-39-27(29)15(2)3;1-6-20(47)45-10-9-44(13-16(45)5)29-17-11-19(34)27(21-23(35)22(33(38,39)40)24(36)25(37)30(21)48)43-31(17)46(32(49)18(29)12-41)28-15(4)7-8-42-26(28)14(2)3/h2*7-9,12,15,17,45H,1,10-11,14H2,2-6H3;6-8,11,14,16,48H,1,9-10,13H2,2-5H3/t2*17-;16-/m111/s1. The number of aromatic nitrogens is 9. The van der Waals surface area contributed by atoms with Gasteiger partial charge in [-0.05, 0) is 156 Å². The molecule has 3 amide bonds. The SMILES string of the molecule is C=CC(=O)N1CCN(c2c(C#N)c(=O)n(-c3c(C)ccnc3C(C)C)c3nc(-c4c(C)c(Cl)c(F)c(Cl)c4O)c(Cl)cc23)C[C@H]1C.C=CC(=O)N1CCN(c2c(C#N)c(=O)n(-c3c(C)ccnc3C(C)C)c3nc(-c4c(C)c(Cl)c(F)c(Cl)c4O)c(Cl)cc23)C[C@H]1C.C=CC(=O)N1CCN(c2c(C#N)c(=O)n(-c3c(C)ccnc3C(C)C)c3nc(-c4c(O)c(F)c(F)c(C(F)(F)F)c4F)c(Cl)cc23)C[C@H]1C. The number of halogens is 15. The Bertz CT molecular complexity index is 7340. The van der Waals surface area contributed by atoms with E-state index >= 15 is 4.39 Å². The Kier molecular flexibility index (Phi) is 30.5. The molecule has 3 aromatic carbocycles. The van der Waals surface area contributed by atoms with E-state index in [4.69, 9.17) is 91.2 Å². The molecule has 3 saturated heterocycles. The topological polar surface area (TPSA) is 346 Å². The lowest BCUT2D eigenvalue weighted by Crippen LogP contribution is -2.54. The van der Waals surface area contributed by atoms with E-state index < -0.39 is 107 Å². The van der Waals surface area contributed by atoms with E-state index in [0.29, 0.717) is 107 Å². The lowest BCUT2D eigenvalue weighted by Gasteiger charge is -2.41. The molecule has 0 unspecified atom stereocenters. The smallest absolute Gasteiger partial charge is 0.422 e. The first kappa shape index (κ1) is 105. The largest absolute Gasteiger partial charge is 0.506 e. The van der Waals surface area contributed by atoms with Crippen molar-refractivity contribution in [2.24, 2.45) is 0 Å². The van der Waals surface area contributed by atoms with Gasteiger partial charge in [0.2, 0.25) is 23.5 Å². The average Bonchev–Trinajstić information content (AvgIpc) is 0.724. The Morgan fingerprint density at radius 2 is 0.702 bits per heavy atom. The Balaban J connectivity index is 0.000000178. The minimum atomic E-state index is -5.73. The number of carbonyl (C=O) groups is 3. The van der Waals surface area contributed by atoms with Crippen LogP contribution < -0.4 is 31.4 Å². The van der Waals surface area contributed by atoms with Gasteiger partial charge < -0.3 is 44.7 Å². The van der Waals surface area contributed by atoms with Crippen molar-refractivity contribution in [1.82, 2.24) is 58.3 Å². The van der Waals surface area contributed by atoms with Crippen molar-refractivity contribution in [3.05, 3.63) is 255 Å². The highest BCUT2D eigenvalue weighted by molar-refractivity contribution is 6.39. The third-order valence-electron chi connectivity index (χ3n) is 24.9. The first-order valence-electron chi connectivity index (χ1n) is 43.6. The number of phenols is 3. The van der Waals surface area contributed by atoms with Gasteiger partial charge in [-0.25, -0.2) is 32.5 Å². The number of piperazine rings is 3. The quantitative estimate of drug-likeness (QED) is 0.0371. The Labute approximate surface area is 836 Å². The summed E-state index contributed by atoms with van der Waals surface area (Å²) in [7, 11) is 0. The van der Waals surface area contributed by atoms with E-state index in [1.807, 2.05) is 71.3 Å².